The molecule has 29 heavy (non-hydrogen) atoms. The van der Waals surface area contributed by atoms with Gasteiger partial charge < -0.3 is 14.6 Å². The average molecular weight is 728 g/mol. The van der Waals surface area contributed by atoms with E-state index in [1.54, 1.807) is 12.1 Å². The third kappa shape index (κ3) is 9.73. The fourth-order valence-corrected chi connectivity index (χ4v) is 3.79. The van der Waals surface area contributed by atoms with Gasteiger partial charge >= 0.3 is 0 Å². The zero-order valence-corrected chi connectivity index (χ0v) is 22.3. The van der Waals surface area contributed by atoms with Crippen molar-refractivity contribution in [3.05, 3.63) is 83.5 Å². The Balaban J connectivity index is 0.000000313. The van der Waals surface area contributed by atoms with E-state index in [1.165, 1.54) is 0 Å². The van der Waals surface area contributed by atoms with Crippen molar-refractivity contribution in [3.63, 3.8) is 0 Å². The first-order valence-corrected chi connectivity index (χ1v) is 12.5. The third-order valence-corrected chi connectivity index (χ3v) is 6.52. The van der Waals surface area contributed by atoms with E-state index in [0.29, 0.717) is 5.75 Å². The lowest BCUT2D eigenvalue weighted by Gasteiger charge is -2.09. The minimum Gasteiger partial charge on any atom is -0.507 e. The Morgan fingerprint density at radius 1 is 0.552 bits per heavy atom. The van der Waals surface area contributed by atoms with Crippen LogP contribution in [-0.2, 0) is 0 Å². The summed E-state index contributed by atoms with van der Waals surface area (Å²) in [7, 11) is 0. The molecule has 0 amide bonds. The summed E-state index contributed by atoms with van der Waals surface area (Å²) < 4.78 is 14.8. The maximum absolute atomic E-state index is 8.91. The van der Waals surface area contributed by atoms with Crippen LogP contribution in [0.25, 0.3) is 0 Å². The van der Waals surface area contributed by atoms with E-state index < -0.39 is 0 Å². The van der Waals surface area contributed by atoms with Crippen molar-refractivity contribution < 1.29 is 14.6 Å². The largest absolute Gasteiger partial charge is 0.507 e. The van der Waals surface area contributed by atoms with Gasteiger partial charge in [0.15, 0.2) is 0 Å². The van der Waals surface area contributed by atoms with Crippen molar-refractivity contribution in [1.29, 1.82) is 0 Å². The lowest BCUT2D eigenvalue weighted by molar-refractivity contribution is 0.277. The number of hydrogen-bond acceptors (Lipinski definition) is 3. The smallest absolute Gasteiger partial charge is 0.132 e. The summed E-state index contributed by atoms with van der Waals surface area (Å²) in [5.74, 6) is 2.31. The highest BCUT2D eigenvalue weighted by Gasteiger charge is 2.00. The first-order valence-electron chi connectivity index (χ1n) is 9.26. The van der Waals surface area contributed by atoms with Gasteiger partial charge in [-0.05, 0) is 123 Å². The zero-order valence-electron chi connectivity index (χ0n) is 15.9. The highest BCUT2D eigenvalue weighted by molar-refractivity contribution is 14.1. The van der Waals surface area contributed by atoms with Crippen molar-refractivity contribution >= 4 is 67.8 Å². The first kappa shape index (κ1) is 24.5. The number of para-hydroxylation sites is 3. The van der Waals surface area contributed by atoms with Crippen LogP contribution in [0, 0.1) is 10.7 Å². The van der Waals surface area contributed by atoms with Crippen molar-refractivity contribution in [2.75, 3.05) is 13.2 Å². The zero-order chi connectivity index (χ0) is 20.9. The molecular weight excluding hydrogens is 705 g/mol. The molecule has 3 aromatic rings. The van der Waals surface area contributed by atoms with Gasteiger partial charge in [0.05, 0.1) is 23.9 Å². The summed E-state index contributed by atoms with van der Waals surface area (Å²) in [6, 6.07) is 23.4. The molecule has 0 radical (unpaired) electrons. The summed E-state index contributed by atoms with van der Waals surface area (Å²) in [6.45, 7) is 1.53. The standard InChI is InChI=1S/C17H18I2O2.C6H5IO/c18-14-8-2-4-10-16(14)20-12-6-1-7-13-21-17-11-5-3-9-15(17)19;7-5-3-1-2-4-6(5)8/h2-5,8-11H,1,6-7,12-13H2;1-4,8H. The van der Waals surface area contributed by atoms with Crippen molar-refractivity contribution in [2.24, 2.45) is 0 Å². The minimum absolute atomic E-state index is 0.355. The Morgan fingerprint density at radius 2 is 0.966 bits per heavy atom. The minimum atomic E-state index is 0.355. The number of phenolic OH excluding ortho intramolecular Hbond substituents is 1. The molecule has 3 nitrogen and oxygen atoms in total. The summed E-state index contributed by atoms with van der Waals surface area (Å²) in [4.78, 5) is 0. The molecule has 3 aromatic carbocycles. The van der Waals surface area contributed by atoms with E-state index in [2.05, 4.69) is 79.9 Å². The molecule has 0 aromatic heterocycles. The SMILES string of the molecule is Ic1ccccc1OCCCCCOc1ccccc1I.Oc1ccccc1I. The van der Waals surface area contributed by atoms with Gasteiger partial charge in [0.25, 0.3) is 0 Å². The summed E-state index contributed by atoms with van der Waals surface area (Å²) in [5.41, 5.74) is 0. The Kier molecular flexibility index (Phi) is 12.1. The van der Waals surface area contributed by atoms with Crippen molar-refractivity contribution in [3.8, 4) is 17.2 Å². The lowest BCUT2D eigenvalue weighted by Crippen LogP contribution is -2.02. The van der Waals surface area contributed by atoms with Crippen LogP contribution in [0.5, 0.6) is 17.2 Å². The molecule has 0 aliphatic rings. The van der Waals surface area contributed by atoms with Gasteiger partial charge in [-0.1, -0.05) is 36.4 Å². The Morgan fingerprint density at radius 3 is 1.34 bits per heavy atom. The van der Waals surface area contributed by atoms with Crippen LogP contribution in [0.2, 0.25) is 0 Å². The van der Waals surface area contributed by atoms with Crippen LogP contribution >= 0.6 is 67.8 Å². The highest BCUT2D eigenvalue weighted by Crippen LogP contribution is 2.21. The number of hydrogen-bond donors (Lipinski definition) is 1. The second-order valence-corrected chi connectivity index (χ2v) is 9.56. The van der Waals surface area contributed by atoms with E-state index in [4.69, 9.17) is 14.6 Å². The van der Waals surface area contributed by atoms with E-state index >= 15 is 0 Å². The van der Waals surface area contributed by atoms with E-state index in [-0.39, 0.29) is 0 Å². The molecule has 0 aliphatic heterocycles. The monoisotopic (exact) mass is 728 g/mol. The molecule has 154 valence electrons. The number of halogens is 3. The van der Waals surface area contributed by atoms with Crippen LogP contribution in [0.1, 0.15) is 19.3 Å². The molecule has 0 bridgehead atoms. The molecule has 0 spiro atoms. The van der Waals surface area contributed by atoms with Crippen LogP contribution in [-0.4, -0.2) is 18.3 Å². The molecule has 6 heteroatoms. The predicted molar refractivity (Wildman–Crippen MR) is 144 cm³/mol. The van der Waals surface area contributed by atoms with Gasteiger partial charge in [0.2, 0.25) is 0 Å². The molecule has 1 N–H and O–H groups in total. The maximum Gasteiger partial charge on any atom is 0.132 e. The average Bonchev–Trinajstić information content (AvgIpc) is 2.72. The summed E-state index contributed by atoms with van der Waals surface area (Å²) in [5, 5.41) is 8.91. The molecule has 0 heterocycles. The molecule has 0 saturated heterocycles. The van der Waals surface area contributed by atoms with Gasteiger partial charge in [0.1, 0.15) is 17.2 Å². The van der Waals surface area contributed by atoms with E-state index in [0.717, 1.165) is 54.7 Å². The molecule has 3 rings (SSSR count). The predicted octanol–water partition coefficient (Wildman–Crippen LogP) is 7.52. The number of rotatable bonds is 8. The fraction of sp³-hybridized carbons (Fsp3) is 0.217. The molecule has 0 fully saturated rings. The molecule has 0 atom stereocenters. The van der Waals surface area contributed by atoms with Crippen molar-refractivity contribution in [1.82, 2.24) is 0 Å². The van der Waals surface area contributed by atoms with Gasteiger partial charge in [0, 0.05) is 0 Å². The summed E-state index contributed by atoms with van der Waals surface area (Å²) in [6.07, 6.45) is 3.23. The summed E-state index contributed by atoms with van der Waals surface area (Å²) >= 11 is 6.67. The fourth-order valence-electron chi connectivity index (χ4n) is 2.32. The van der Waals surface area contributed by atoms with Crippen LogP contribution in [0.4, 0.5) is 0 Å². The van der Waals surface area contributed by atoms with E-state index in [1.807, 2.05) is 48.5 Å². The quantitative estimate of drug-likeness (QED) is 0.193. The first-order chi connectivity index (χ1) is 14.1. The molecule has 0 aliphatic carbocycles. The molecule has 0 saturated carbocycles. The van der Waals surface area contributed by atoms with Crippen molar-refractivity contribution in [2.45, 2.75) is 19.3 Å². The van der Waals surface area contributed by atoms with Crippen LogP contribution in [0.15, 0.2) is 72.8 Å². The Labute approximate surface area is 213 Å². The highest BCUT2D eigenvalue weighted by atomic mass is 127. The normalized spacial score (nSPS) is 10.0. The van der Waals surface area contributed by atoms with Gasteiger partial charge in [-0.3, -0.25) is 0 Å². The second-order valence-electron chi connectivity index (χ2n) is 6.07. The Hall–Kier alpha value is -0.750. The van der Waals surface area contributed by atoms with Gasteiger partial charge in [-0.2, -0.15) is 0 Å². The second kappa shape index (κ2) is 14.3. The number of aromatic hydroxyl groups is 1. The molecular formula is C23H23I3O3. The third-order valence-electron chi connectivity index (χ3n) is 3.83. The number of benzene rings is 3. The number of phenols is 1. The number of unbranched alkanes of at least 4 members (excludes halogenated alkanes) is 2. The molecule has 0 unspecified atom stereocenters. The van der Waals surface area contributed by atoms with Crippen LogP contribution in [0.3, 0.4) is 0 Å². The van der Waals surface area contributed by atoms with E-state index in [9.17, 15) is 0 Å². The van der Waals surface area contributed by atoms with Gasteiger partial charge in [-0.25, -0.2) is 0 Å². The maximum atomic E-state index is 8.91. The topological polar surface area (TPSA) is 38.7 Å². The lowest BCUT2D eigenvalue weighted by atomic mass is 10.2. The van der Waals surface area contributed by atoms with Crippen LogP contribution < -0.4 is 9.47 Å². The van der Waals surface area contributed by atoms with Gasteiger partial charge in [-0.15, -0.1) is 0 Å². The number of ether oxygens (including phenoxy) is 2. The Bertz CT molecular complexity index is 801.